The molecule has 0 amide bonds. The quantitative estimate of drug-likeness (QED) is 0.480. The Morgan fingerprint density at radius 3 is 2.37 bits per heavy atom. The van der Waals surface area contributed by atoms with Crippen molar-refractivity contribution in [1.29, 1.82) is 5.26 Å². The number of rotatable bonds is 4. The summed E-state index contributed by atoms with van der Waals surface area (Å²) in [5.41, 5.74) is 0.0524. The summed E-state index contributed by atoms with van der Waals surface area (Å²) < 4.78 is 0. The van der Waals surface area contributed by atoms with E-state index in [1.165, 1.54) is 12.1 Å². The molecule has 1 atom stereocenters. The van der Waals surface area contributed by atoms with Gasteiger partial charge in [0.25, 0.3) is 0 Å². The first kappa shape index (κ1) is 14.3. The Morgan fingerprint density at radius 1 is 1.21 bits per heavy atom. The summed E-state index contributed by atoms with van der Waals surface area (Å²) in [5, 5.41) is 9.26. The number of nitriles is 1. The second kappa shape index (κ2) is 5.50. The minimum Gasteiger partial charge on any atom is -0.297 e. The standard InChI is InChI=1S/C13H8Cl3NO2/c14-9-4-3-7(10(15)11(9)16)13(19)8(5-17)12(18)6-1-2-6/h3-4,6,8H,1-2H2. The summed E-state index contributed by atoms with van der Waals surface area (Å²) in [7, 11) is 0. The predicted molar refractivity (Wildman–Crippen MR) is 72.6 cm³/mol. The minimum absolute atomic E-state index is 0.0250. The monoisotopic (exact) mass is 315 g/mol. The molecule has 19 heavy (non-hydrogen) atoms. The molecule has 1 aromatic rings. The number of carbonyl (C=O) groups is 2. The molecule has 1 saturated carbocycles. The number of carbonyl (C=O) groups excluding carboxylic acids is 2. The lowest BCUT2D eigenvalue weighted by Gasteiger charge is -2.09. The van der Waals surface area contributed by atoms with E-state index < -0.39 is 11.7 Å². The van der Waals surface area contributed by atoms with Gasteiger partial charge in [-0.1, -0.05) is 34.8 Å². The van der Waals surface area contributed by atoms with E-state index in [1.807, 2.05) is 0 Å². The second-order valence-electron chi connectivity index (χ2n) is 4.33. The maximum atomic E-state index is 12.2. The van der Waals surface area contributed by atoms with Crippen molar-refractivity contribution in [1.82, 2.24) is 0 Å². The van der Waals surface area contributed by atoms with Gasteiger partial charge in [-0.15, -0.1) is 0 Å². The van der Waals surface area contributed by atoms with Crippen LogP contribution >= 0.6 is 34.8 Å². The lowest BCUT2D eigenvalue weighted by Crippen LogP contribution is -2.24. The molecule has 98 valence electrons. The molecular formula is C13H8Cl3NO2. The molecule has 6 heteroatoms. The van der Waals surface area contributed by atoms with Gasteiger partial charge < -0.3 is 0 Å². The first-order valence-corrected chi connectivity index (χ1v) is 6.71. The molecule has 1 aromatic carbocycles. The molecular weight excluding hydrogens is 309 g/mol. The third kappa shape index (κ3) is 2.76. The largest absolute Gasteiger partial charge is 0.297 e. The first-order chi connectivity index (χ1) is 8.97. The van der Waals surface area contributed by atoms with E-state index in [-0.39, 0.29) is 32.3 Å². The third-order valence-corrected chi connectivity index (χ3v) is 4.25. The van der Waals surface area contributed by atoms with E-state index in [1.54, 1.807) is 6.07 Å². The van der Waals surface area contributed by atoms with Gasteiger partial charge in [0, 0.05) is 11.5 Å². The van der Waals surface area contributed by atoms with Crippen LogP contribution < -0.4 is 0 Å². The molecule has 0 saturated heterocycles. The van der Waals surface area contributed by atoms with Gasteiger partial charge in [-0.05, 0) is 25.0 Å². The molecule has 1 fully saturated rings. The minimum atomic E-state index is -1.32. The van der Waals surface area contributed by atoms with Crippen LogP contribution in [0.15, 0.2) is 12.1 Å². The van der Waals surface area contributed by atoms with E-state index in [9.17, 15) is 9.59 Å². The molecule has 0 heterocycles. The Labute approximate surface area is 125 Å². The molecule has 2 rings (SSSR count). The highest BCUT2D eigenvalue weighted by Gasteiger charge is 2.39. The SMILES string of the molecule is N#CC(C(=O)c1ccc(Cl)c(Cl)c1Cl)C(=O)C1CC1. The number of Topliss-reactive ketones (excluding diaryl/α,β-unsaturated/α-hetero) is 2. The van der Waals surface area contributed by atoms with Crippen LogP contribution in [-0.4, -0.2) is 11.6 Å². The molecule has 0 N–H and O–H groups in total. The number of benzene rings is 1. The number of ketones is 2. The third-order valence-electron chi connectivity index (χ3n) is 2.96. The predicted octanol–water partition coefficient (Wildman–Crippen LogP) is 3.95. The fraction of sp³-hybridized carbons (Fsp3) is 0.308. The normalized spacial score (nSPS) is 15.7. The van der Waals surface area contributed by atoms with E-state index in [2.05, 4.69) is 0 Å². The molecule has 0 aromatic heterocycles. The summed E-state index contributed by atoms with van der Waals surface area (Å²) in [4.78, 5) is 24.1. The summed E-state index contributed by atoms with van der Waals surface area (Å²) in [6, 6.07) is 4.54. The lowest BCUT2D eigenvalue weighted by molar-refractivity contribution is -0.121. The highest BCUT2D eigenvalue weighted by molar-refractivity contribution is 6.49. The molecule has 0 spiro atoms. The van der Waals surface area contributed by atoms with Gasteiger partial charge in [0.2, 0.25) is 0 Å². The summed E-state index contributed by atoms with van der Waals surface area (Å²) >= 11 is 17.5. The van der Waals surface area contributed by atoms with Crippen LogP contribution in [-0.2, 0) is 4.79 Å². The molecule has 1 unspecified atom stereocenters. The molecule has 0 bridgehead atoms. The topological polar surface area (TPSA) is 57.9 Å². The van der Waals surface area contributed by atoms with Crippen LogP contribution in [0.2, 0.25) is 15.1 Å². The van der Waals surface area contributed by atoms with E-state index >= 15 is 0 Å². The van der Waals surface area contributed by atoms with Gasteiger partial charge >= 0.3 is 0 Å². The van der Waals surface area contributed by atoms with Crippen LogP contribution in [0.5, 0.6) is 0 Å². The Kier molecular flexibility index (Phi) is 4.15. The van der Waals surface area contributed by atoms with Crippen molar-refractivity contribution in [3.8, 4) is 6.07 Å². The van der Waals surface area contributed by atoms with Crippen LogP contribution in [0.1, 0.15) is 23.2 Å². The van der Waals surface area contributed by atoms with Crippen molar-refractivity contribution >= 4 is 46.4 Å². The van der Waals surface area contributed by atoms with Crippen LogP contribution in [0.25, 0.3) is 0 Å². The van der Waals surface area contributed by atoms with Crippen molar-refractivity contribution in [2.45, 2.75) is 12.8 Å². The van der Waals surface area contributed by atoms with Gasteiger partial charge in [0.15, 0.2) is 17.5 Å². The van der Waals surface area contributed by atoms with Crippen LogP contribution in [0, 0.1) is 23.2 Å². The van der Waals surface area contributed by atoms with Gasteiger partial charge in [0.05, 0.1) is 21.1 Å². The number of hydrogen-bond donors (Lipinski definition) is 0. The van der Waals surface area contributed by atoms with Crippen molar-refractivity contribution in [2.24, 2.45) is 11.8 Å². The zero-order valence-electron chi connectivity index (χ0n) is 9.62. The van der Waals surface area contributed by atoms with Crippen molar-refractivity contribution in [3.63, 3.8) is 0 Å². The van der Waals surface area contributed by atoms with E-state index in [0.29, 0.717) is 0 Å². The van der Waals surface area contributed by atoms with Gasteiger partial charge in [-0.25, -0.2) is 0 Å². The van der Waals surface area contributed by atoms with Crippen molar-refractivity contribution in [2.75, 3.05) is 0 Å². The average Bonchev–Trinajstić information content (AvgIpc) is 3.21. The summed E-state index contributed by atoms with van der Waals surface area (Å²) in [6.45, 7) is 0. The number of nitrogens with zero attached hydrogens (tertiary/aromatic N) is 1. The van der Waals surface area contributed by atoms with Crippen molar-refractivity contribution < 1.29 is 9.59 Å². The van der Waals surface area contributed by atoms with E-state index in [4.69, 9.17) is 40.1 Å². The summed E-state index contributed by atoms with van der Waals surface area (Å²) in [5.74, 6) is -2.45. The van der Waals surface area contributed by atoms with E-state index in [0.717, 1.165) is 12.8 Å². The highest BCUT2D eigenvalue weighted by atomic mass is 35.5. The molecule has 3 nitrogen and oxygen atoms in total. The Bertz CT molecular complexity index is 603. The lowest BCUT2D eigenvalue weighted by atomic mass is 9.92. The summed E-state index contributed by atoms with van der Waals surface area (Å²) in [6.07, 6.45) is 1.47. The Hall–Kier alpha value is -1.08. The highest BCUT2D eigenvalue weighted by Crippen LogP contribution is 2.36. The van der Waals surface area contributed by atoms with Crippen LogP contribution in [0.3, 0.4) is 0 Å². The zero-order chi connectivity index (χ0) is 14.2. The fourth-order valence-electron chi connectivity index (χ4n) is 1.73. The average molecular weight is 317 g/mol. The number of halogens is 3. The number of hydrogen-bond acceptors (Lipinski definition) is 3. The van der Waals surface area contributed by atoms with Crippen molar-refractivity contribution in [3.05, 3.63) is 32.8 Å². The van der Waals surface area contributed by atoms with Gasteiger partial charge in [-0.3, -0.25) is 9.59 Å². The molecule has 0 radical (unpaired) electrons. The fourth-order valence-corrected chi connectivity index (χ4v) is 2.36. The molecule has 0 aliphatic heterocycles. The maximum absolute atomic E-state index is 12.2. The maximum Gasteiger partial charge on any atom is 0.189 e. The van der Waals surface area contributed by atoms with Crippen LogP contribution in [0.4, 0.5) is 0 Å². The Balaban J connectivity index is 2.35. The van der Waals surface area contributed by atoms with Gasteiger partial charge in [-0.2, -0.15) is 5.26 Å². The molecule has 1 aliphatic rings. The zero-order valence-corrected chi connectivity index (χ0v) is 11.9. The Morgan fingerprint density at radius 2 is 1.84 bits per heavy atom. The smallest absolute Gasteiger partial charge is 0.189 e. The second-order valence-corrected chi connectivity index (χ2v) is 5.49. The van der Waals surface area contributed by atoms with Gasteiger partial charge in [0.1, 0.15) is 0 Å². The first-order valence-electron chi connectivity index (χ1n) is 5.58. The molecule has 1 aliphatic carbocycles.